The number of carbonyl (C=O) groups is 1. The number of nitrogens with one attached hydrogen (secondary N) is 1. The molecule has 1 aromatic carbocycles. The number of rotatable bonds is 2. The van der Waals surface area contributed by atoms with Gasteiger partial charge in [-0.2, -0.15) is 0 Å². The lowest BCUT2D eigenvalue weighted by atomic mass is 10.1. The van der Waals surface area contributed by atoms with Crippen LogP contribution in [0.3, 0.4) is 0 Å². The fraction of sp³-hybridized carbons (Fsp3) is 0.0769. The van der Waals surface area contributed by atoms with E-state index in [4.69, 9.17) is 11.6 Å². The lowest BCUT2D eigenvalue weighted by Gasteiger charge is -2.05. The van der Waals surface area contributed by atoms with E-state index >= 15 is 0 Å². The largest absolute Gasteiger partial charge is 0.307 e. The molecule has 0 atom stereocenters. The summed E-state index contributed by atoms with van der Waals surface area (Å²) in [6.07, 6.45) is 1.63. The van der Waals surface area contributed by atoms with Crippen LogP contribution in [0, 0.1) is 6.92 Å². The number of amides is 1. The highest BCUT2D eigenvalue weighted by Crippen LogP contribution is 2.17. The molecule has 0 unspecified atom stereocenters. The van der Waals surface area contributed by atoms with Gasteiger partial charge in [0.05, 0.1) is 0 Å². The summed E-state index contributed by atoms with van der Waals surface area (Å²) in [5, 5.41) is 3.36. The Kier molecular flexibility index (Phi) is 3.40. The molecule has 1 heterocycles. The molecule has 1 aromatic heterocycles. The second kappa shape index (κ2) is 4.97. The average Bonchev–Trinajstić information content (AvgIpc) is 2.34. The molecule has 0 fully saturated rings. The maximum atomic E-state index is 11.9. The molecule has 2 aromatic rings. The molecule has 0 radical (unpaired) electrons. The number of anilines is 1. The number of carbonyl (C=O) groups excluding carboxylic acids is 1. The SMILES string of the molecule is Cc1cc(C(=O)Nc2ccccn2)ccc1Cl. The zero-order valence-electron chi connectivity index (χ0n) is 9.27. The lowest BCUT2D eigenvalue weighted by molar-refractivity contribution is 0.102. The van der Waals surface area contributed by atoms with Crippen LogP contribution in [0.1, 0.15) is 15.9 Å². The Morgan fingerprint density at radius 1 is 1.29 bits per heavy atom. The third kappa shape index (κ3) is 2.82. The van der Waals surface area contributed by atoms with E-state index in [2.05, 4.69) is 10.3 Å². The Labute approximate surface area is 104 Å². The van der Waals surface area contributed by atoms with Crippen molar-refractivity contribution in [2.75, 3.05) is 5.32 Å². The van der Waals surface area contributed by atoms with Crippen LogP contribution in [0.2, 0.25) is 5.02 Å². The molecule has 4 heteroatoms. The first-order valence-electron chi connectivity index (χ1n) is 5.15. The number of aryl methyl sites for hydroxylation is 1. The molecule has 1 amide bonds. The summed E-state index contributed by atoms with van der Waals surface area (Å²) in [4.78, 5) is 15.9. The van der Waals surface area contributed by atoms with Crippen molar-refractivity contribution in [3.05, 3.63) is 58.7 Å². The van der Waals surface area contributed by atoms with Gasteiger partial charge in [0.2, 0.25) is 0 Å². The highest BCUT2D eigenvalue weighted by Gasteiger charge is 2.07. The number of halogens is 1. The van der Waals surface area contributed by atoms with Crippen molar-refractivity contribution in [1.82, 2.24) is 4.98 Å². The molecule has 3 nitrogen and oxygen atoms in total. The van der Waals surface area contributed by atoms with Crippen molar-refractivity contribution in [2.45, 2.75) is 6.92 Å². The van der Waals surface area contributed by atoms with Crippen LogP contribution in [0.4, 0.5) is 5.82 Å². The molecule has 0 saturated carbocycles. The molecular weight excluding hydrogens is 236 g/mol. The van der Waals surface area contributed by atoms with Crippen molar-refractivity contribution < 1.29 is 4.79 Å². The van der Waals surface area contributed by atoms with Gasteiger partial charge >= 0.3 is 0 Å². The Morgan fingerprint density at radius 3 is 2.76 bits per heavy atom. The molecule has 0 aliphatic carbocycles. The standard InChI is InChI=1S/C13H11ClN2O/c1-9-8-10(5-6-11(9)14)13(17)16-12-4-2-3-7-15-12/h2-8H,1H3,(H,15,16,17). The zero-order valence-corrected chi connectivity index (χ0v) is 10.0. The minimum Gasteiger partial charge on any atom is -0.307 e. The van der Waals surface area contributed by atoms with E-state index in [1.807, 2.05) is 13.0 Å². The molecule has 0 saturated heterocycles. The summed E-state index contributed by atoms with van der Waals surface area (Å²) < 4.78 is 0. The Hall–Kier alpha value is -1.87. The summed E-state index contributed by atoms with van der Waals surface area (Å²) in [6, 6.07) is 10.5. The van der Waals surface area contributed by atoms with E-state index in [0.717, 1.165) is 5.56 Å². The highest BCUT2D eigenvalue weighted by atomic mass is 35.5. The van der Waals surface area contributed by atoms with Gasteiger partial charge < -0.3 is 5.32 Å². The summed E-state index contributed by atoms with van der Waals surface area (Å²) in [5.41, 5.74) is 1.44. The minimum atomic E-state index is -0.191. The van der Waals surface area contributed by atoms with Crippen molar-refractivity contribution in [2.24, 2.45) is 0 Å². The maximum absolute atomic E-state index is 11.9. The predicted molar refractivity (Wildman–Crippen MR) is 68.4 cm³/mol. The fourth-order valence-electron chi connectivity index (χ4n) is 1.41. The maximum Gasteiger partial charge on any atom is 0.256 e. The smallest absolute Gasteiger partial charge is 0.256 e. The Balaban J connectivity index is 2.18. The van der Waals surface area contributed by atoms with Crippen LogP contribution >= 0.6 is 11.6 Å². The van der Waals surface area contributed by atoms with E-state index < -0.39 is 0 Å². The summed E-state index contributed by atoms with van der Waals surface area (Å²) >= 11 is 5.90. The summed E-state index contributed by atoms with van der Waals surface area (Å²) in [5.74, 6) is 0.341. The number of hydrogen-bond donors (Lipinski definition) is 1. The molecule has 0 aliphatic rings. The van der Waals surface area contributed by atoms with E-state index in [1.54, 1.807) is 36.5 Å². The predicted octanol–water partition coefficient (Wildman–Crippen LogP) is 3.30. The molecule has 1 N–H and O–H groups in total. The van der Waals surface area contributed by atoms with Crippen molar-refractivity contribution >= 4 is 23.3 Å². The number of hydrogen-bond acceptors (Lipinski definition) is 2. The second-order valence-corrected chi connectivity index (χ2v) is 4.04. The number of pyridine rings is 1. The van der Waals surface area contributed by atoms with E-state index in [9.17, 15) is 4.79 Å². The van der Waals surface area contributed by atoms with Gasteiger partial charge in [-0.25, -0.2) is 4.98 Å². The molecule has 17 heavy (non-hydrogen) atoms. The van der Waals surface area contributed by atoms with Crippen LogP contribution in [0.5, 0.6) is 0 Å². The fourth-order valence-corrected chi connectivity index (χ4v) is 1.53. The van der Waals surface area contributed by atoms with Crippen molar-refractivity contribution in [1.29, 1.82) is 0 Å². The van der Waals surface area contributed by atoms with E-state index in [-0.39, 0.29) is 5.91 Å². The first kappa shape index (κ1) is 11.6. The van der Waals surface area contributed by atoms with Gasteiger partial charge in [0.1, 0.15) is 5.82 Å². The van der Waals surface area contributed by atoms with Crippen molar-refractivity contribution in [3.8, 4) is 0 Å². The van der Waals surface area contributed by atoms with E-state index in [1.165, 1.54) is 0 Å². The minimum absolute atomic E-state index is 0.191. The lowest BCUT2D eigenvalue weighted by Crippen LogP contribution is -2.12. The summed E-state index contributed by atoms with van der Waals surface area (Å²) in [7, 11) is 0. The van der Waals surface area contributed by atoms with Gasteiger partial charge in [0.15, 0.2) is 0 Å². The third-order valence-electron chi connectivity index (χ3n) is 2.33. The zero-order chi connectivity index (χ0) is 12.3. The first-order valence-corrected chi connectivity index (χ1v) is 5.53. The molecule has 2 rings (SSSR count). The van der Waals surface area contributed by atoms with Gasteiger partial charge in [-0.05, 0) is 42.8 Å². The van der Waals surface area contributed by atoms with Crippen LogP contribution in [0.15, 0.2) is 42.6 Å². The molecule has 0 aliphatic heterocycles. The van der Waals surface area contributed by atoms with Crippen LogP contribution < -0.4 is 5.32 Å². The first-order chi connectivity index (χ1) is 8.16. The van der Waals surface area contributed by atoms with Gasteiger partial charge in [-0.15, -0.1) is 0 Å². The Bertz CT molecular complexity index is 540. The normalized spacial score (nSPS) is 10.0. The highest BCUT2D eigenvalue weighted by molar-refractivity contribution is 6.31. The third-order valence-corrected chi connectivity index (χ3v) is 2.75. The van der Waals surface area contributed by atoms with Crippen LogP contribution in [-0.4, -0.2) is 10.9 Å². The van der Waals surface area contributed by atoms with Crippen LogP contribution in [0.25, 0.3) is 0 Å². The Morgan fingerprint density at radius 2 is 2.12 bits per heavy atom. The molecular formula is C13H11ClN2O. The monoisotopic (exact) mass is 246 g/mol. The summed E-state index contributed by atoms with van der Waals surface area (Å²) in [6.45, 7) is 1.86. The number of aromatic nitrogens is 1. The molecule has 86 valence electrons. The quantitative estimate of drug-likeness (QED) is 0.884. The van der Waals surface area contributed by atoms with Gasteiger partial charge in [0.25, 0.3) is 5.91 Å². The van der Waals surface area contributed by atoms with Crippen LogP contribution in [-0.2, 0) is 0 Å². The second-order valence-electron chi connectivity index (χ2n) is 3.63. The van der Waals surface area contributed by atoms with Crippen molar-refractivity contribution in [3.63, 3.8) is 0 Å². The number of benzene rings is 1. The van der Waals surface area contributed by atoms with Gasteiger partial charge in [-0.3, -0.25) is 4.79 Å². The number of nitrogens with zero attached hydrogens (tertiary/aromatic N) is 1. The molecule has 0 spiro atoms. The van der Waals surface area contributed by atoms with Gasteiger partial charge in [0, 0.05) is 16.8 Å². The average molecular weight is 247 g/mol. The molecule has 0 bridgehead atoms. The topological polar surface area (TPSA) is 42.0 Å². The van der Waals surface area contributed by atoms with Gasteiger partial charge in [-0.1, -0.05) is 17.7 Å². The van der Waals surface area contributed by atoms with E-state index in [0.29, 0.717) is 16.4 Å².